The van der Waals surface area contributed by atoms with Crippen LogP contribution in [0.15, 0.2) is 11.6 Å². The molecule has 114 valence electrons. The van der Waals surface area contributed by atoms with Gasteiger partial charge in [0.1, 0.15) is 6.54 Å². The van der Waals surface area contributed by atoms with Crippen molar-refractivity contribution in [2.75, 3.05) is 26.2 Å². The molecule has 0 saturated heterocycles. The van der Waals surface area contributed by atoms with E-state index in [9.17, 15) is 0 Å². The van der Waals surface area contributed by atoms with Crippen molar-refractivity contribution in [3.63, 3.8) is 0 Å². The number of hydrogen-bond acceptors (Lipinski definition) is 1. The van der Waals surface area contributed by atoms with E-state index in [-0.39, 0.29) is 18.0 Å². The van der Waals surface area contributed by atoms with Crippen LogP contribution in [0.2, 0.25) is 0 Å². The molecule has 1 rings (SSSR count). The van der Waals surface area contributed by atoms with Gasteiger partial charge in [0.2, 0.25) is 0 Å². The molecule has 1 aliphatic rings. The topological polar surface area (TPSA) is 13.7 Å². The summed E-state index contributed by atoms with van der Waals surface area (Å²) in [5.74, 6) is 0.688. The molecule has 0 heterocycles. The van der Waals surface area contributed by atoms with E-state index in [1.807, 2.05) is 0 Å². The van der Waals surface area contributed by atoms with E-state index >= 15 is 0 Å². The monoisotopic (exact) mass is 289 g/mol. The minimum atomic E-state index is 0. The van der Waals surface area contributed by atoms with Crippen LogP contribution in [0.5, 0.6) is 0 Å². The molecule has 0 saturated carbocycles. The van der Waals surface area contributed by atoms with E-state index in [2.05, 4.69) is 40.7 Å². The number of allylic oxidation sites excluding steroid dienone is 2. The second kappa shape index (κ2) is 8.99. The third kappa shape index (κ3) is 6.29. The van der Waals surface area contributed by atoms with Gasteiger partial charge in [0.15, 0.2) is 0 Å². The molecule has 2 nitrogen and oxygen atoms in total. The summed E-state index contributed by atoms with van der Waals surface area (Å²) in [5, 5.41) is 0. The maximum atomic E-state index is 6.19. The molecule has 1 aliphatic carbocycles. The van der Waals surface area contributed by atoms with Crippen molar-refractivity contribution in [3.8, 4) is 0 Å². The normalized spacial score (nSPS) is 20.1. The van der Waals surface area contributed by atoms with Crippen LogP contribution < -0.4 is 17.3 Å². The first-order chi connectivity index (χ1) is 8.49. The molecule has 0 aliphatic heterocycles. The van der Waals surface area contributed by atoms with Gasteiger partial charge in [-0.1, -0.05) is 11.6 Å². The zero-order chi connectivity index (χ0) is 13.6. The van der Waals surface area contributed by atoms with Gasteiger partial charge in [-0.2, -0.15) is 0 Å². The minimum absolute atomic E-state index is 0. The van der Waals surface area contributed by atoms with Gasteiger partial charge in [0, 0.05) is 0 Å². The predicted octanol–water partition coefficient (Wildman–Crippen LogP) is -0.543. The molecule has 0 aromatic carbocycles. The van der Waals surface area contributed by atoms with Crippen molar-refractivity contribution in [3.05, 3.63) is 11.6 Å². The molecular formula is C16H32ClNO. The Kier molecular flexibility index (Phi) is 8.97. The summed E-state index contributed by atoms with van der Waals surface area (Å²) >= 11 is 0. The van der Waals surface area contributed by atoms with E-state index in [0.29, 0.717) is 5.92 Å². The first-order valence-corrected chi connectivity index (χ1v) is 7.62. The van der Waals surface area contributed by atoms with Gasteiger partial charge in [-0.05, 0) is 59.8 Å². The zero-order valence-corrected chi connectivity index (χ0v) is 14.1. The average molecular weight is 290 g/mol. The summed E-state index contributed by atoms with van der Waals surface area (Å²) in [4.78, 5) is 1.63. The first-order valence-electron chi connectivity index (χ1n) is 7.62. The Morgan fingerprint density at radius 1 is 1.32 bits per heavy atom. The third-order valence-corrected chi connectivity index (χ3v) is 4.55. The predicted molar refractivity (Wildman–Crippen MR) is 78.0 cm³/mol. The van der Waals surface area contributed by atoms with Crippen LogP contribution in [0.25, 0.3) is 0 Å². The number of nitrogens with one attached hydrogen (secondary N) is 1. The molecule has 0 fully saturated rings. The number of likely N-dealkylation sites (N-methyl/N-ethyl adjacent to an activating group) is 1. The molecule has 0 aromatic rings. The van der Waals surface area contributed by atoms with Crippen molar-refractivity contribution in [1.82, 2.24) is 0 Å². The smallest absolute Gasteiger partial charge is 0.101 e. The molecular weight excluding hydrogens is 258 g/mol. The summed E-state index contributed by atoms with van der Waals surface area (Å²) in [6, 6.07) is 0. The molecule has 19 heavy (non-hydrogen) atoms. The standard InChI is InChI=1S/C16H31NO.ClH/c1-6-17(7-2)12-13-18-16(4,5)15-10-8-14(3)9-11-15;/h8,15H,6-7,9-13H2,1-5H3;1H. The highest BCUT2D eigenvalue weighted by Crippen LogP contribution is 2.33. The van der Waals surface area contributed by atoms with Gasteiger partial charge < -0.3 is 22.0 Å². The number of rotatable bonds is 7. The molecule has 0 radical (unpaired) electrons. The maximum Gasteiger partial charge on any atom is 0.101 e. The summed E-state index contributed by atoms with van der Waals surface area (Å²) < 4.78 is 6.19. The quantitative estimate of drug-likeness (QED) is 0.622. The molecule has 1 N–H and O–H groups in total. The molecule has 0 aromatic heterocycles. The summed E-state index contributed by atoms with van der Waals surface area (Å²) in [7, 11) is 0. The molecule has 0 spiro atoms. The van der Waals surface area contributed by atoms with Gasteiger partial charge in [-0.15, -0.1) is 0 Å². The van der Waals surface area contributed by atoms with Gasteiger partial charge in [0.25, 0.3) is 0 Å². The Balaban J connectivity index is 0.00000324. The Morgan fingerprint density at radius 3 is 2.42 bits per heavy atom. The van der Waals surface area contributed by atoms with Crippen LogP contribution >= 0.6 is 0 Å². The highest BCUT2D eigenvalue weighted by Gasteiger charge is 2.31. The number of halogens is 1. The average Bonchev–Trinajstić information content (AvgIpc) is 2.35. The third-order valence-electron chi connectivity index (χ3n) is 4.55. The summed E-state index contributed by atoms with van der Waals surface area (Å²) in [6.45, 7) is 15.7. The second-order valence-corrected chi connectivity index (χ2v) is 6.18. The SMILES string of the molecule is CC[NH+](CC)CCOC(C)(C)C1CC=C(C)CC1.[Cl-]. The second-order valence-electron chi connectivity index (χ2n) is 6.18. The highest BCUT2D eigenvalue weighted by molar-refractivity contribution is 5.05. The Hall–Kier alpha value is -0.0500. The molecule has 1 atom stereocenters. The van der Waals surface area contributed by atoms with Crippen LogP contribution in [0, 0.1) is 5.92 Å². The minimum Gasteiger partial charge on any atom is -1.00 e. The fraction of sp³-hybridized carbons (Fsp3) is 0.875. The number of ether oxygens (including phenoxy) is 1. The van der Waals surface area contributed by atoms with Crippen LogP contribution in [0.1, 0.15) is 53.9 Å². The van der Waals surface area contributed by atoms with E-state index in [1.165, 1.54) is 32.4 Å². The molecule has 3 heteroatoms. The van der Waals surface area contributed by atoms with Crippen LogP contribution in [-0.2, 0) is 4.74 Å². The van der Waals surface area contributed by atoms with Crippen molar-refractivity contribution in [2.45, 2.75) is 59.5 Å². The maximum absolute atomic E-state index is 6.19. The van der Waals surface area contributed by atoms with Crippen molar-refractivity contribution in [2.24, 2.45) is 5.92 Å². The van der Waals surface area contributed by atoms with Crippen LogP contribution in [0.4, 0.5) is 0 Å². The van der Waals surface area contributed by atoms with E-state index in [1.54, 1.807) is 10.5 Å². The Labute approximate surface area is 126 Å². The number of hydrogen-bond donors (Lipinski definition) is 1. The lowest BCUT2D eigenvalue weighted by Gasteiger charge is -2.36. The fourth-order valence-corrected chi connectivity index (χ4v) is 2.78. The van der Waals surface area contributed by atoms with Gasteiger partial charge in [0.05, 0.1) is 25.3 Å². The number of quaternary nitrogens is 1. The lowest BCUT2D eigenvalue weighted by molar-refractivity contribution is -0.897. The fourth-order valence-electron chi connectivity index (χ4n) is 2.78. The summed E-state index contributed by atoms with van der Waals surface area (Å²) in [5.41, 5.74) is 1.58. The Bertz CT molecular complexity index is 272. The summed E-state index contributed by atoms with van der Waals surface area (Å²) in [6.07, 6.45) is 6.12. The molecule has 0 amide bonds. The van der Waals surface area contributed by atoms with Crippen LogP contribution in [-0.4, -0.2) is 31.8 Å². The lowest BCUT2D eigenvalue weighted by Crippen LogP contribution is -3.11. The highest BCUT2D eigenvalue weighted by atomic mass is 35.5. The van der Waals surface area contributed by atoms with E-state index in [0.717, 1.165) is 13.2 Å². The van der Waals surface area contributed by atoms with Gasteiger partial charge in [-0.25, -0.2) is 0 Å². The largest absolute Gasteiger partial charge is 1.00 e. The van der Waals surface area contributed by atoms with Gasteiger partial charge >= 0.3 is 0 Å². The zero-order valence-electron chi connectivity index (χ0n) is 13.4. The Morgan fingerprint density at radius 2 is 1.95 bits per heavy atom. The molecule has 0 bridgehead atoms. The van der Waals surface area contributed by atoms with Crippen molar-refractivity contribution in [1.29, 1.82) is 0 Å². The van der Waals surface area contributed by atoms with Crippen molar-refractivity contribution < 1.29 is 22.0 Å². The van der Waals surface area contributed by atoms with Crippen LogP contribution in [0.3, 0.4) is 0 Å². The van der Waals surface area contributed by atoms with E-state index < -0.39 is 0 Å². The van der Waals surface area contributed by atoms with Crippen molar-refractivity contribution >= 4 is 0 Å². The lowest BCUT2D eigenvalue weighted by atomic mass is 9.79. The molecule has 1 unspecified atom stereocenters. The van der Waals surface area contributed by atoms with Gasteiger partial charge in [-0.3, -0.25) is 0 Å². The van der Waals surface area contributed by atoms with E-state index in [4.69, 9.17) is 4.74 Å². The first kappa shape index (κ1) is 18.9.